The first-order valence-corrected chi connectivity index (χ1v) is 6.90. The zero-order valence-electron chi connectivity index (χ0n) is 12.3. The van der Waals surface area contributed by atoms with Crippen LogP contribution in [0.4, 0.5) is 0 Å². The molecule has 0 aromatic heterocycles. The first kappa shape index (κ1) is 15.0. The van der Waals surface area contributed by atoms with Gasteiger partial charge in [0.1, 0.15) is 0 Å². The monoisotopic (exact) mass is 281 g/mol. The third kappa shape index (κ3) is 4.56. The lowest BCUT2D eigenvalue weighted by atomic mass is 10.1. The van der Waals surface area contributed by atoms with Crippen LogP contribution in [0.5, 0.6) is 0 Å². The topological polar surface area (TPSA) is 38.7 Å². The van der Waals surface area contributed by atoms with Gasteiger partial charge >= 0.3 is 5.97 Å². The Bertz CT molecular complexity index is 603. The molecule has 0 heterocycles. The summed E-state index contributed by atoms with van der Waals surface area (Å²) in [5.41, 5.74) is 3.23. The molecule has 3 nitrogen and oxygen atoms in total. The predicted octanol–water partition coefficient (Wildman–Crippen LogP) is 3.20. The van der Waals surface area contributed by atoms with E-state index in [-0.39, 0.29) is 5.97 Å². The highest BCUT2D eigenvalue weighted by atomic mass is 16.5. The molecule has 1 atom stereocenters. The summed E-state index contributed by atoms with van der Waals surface area (Å²) < 4.78 is 4.84. The summed E-state index contributed by atoms with van der Waals surface area (Å²) in [4.78, 5) is 16.2. The summed E-state index contributed by atoms with van der Waals surface area (Å²) in [5.74, 6) is -0.317. The largest absolute Gasteiger partial charge is 0.467 e. The number of nitrogens with zero attached hydrogens (tertiary/aromatic N) is 1. The molecule has 3 heteroatoms. The molecule has 108 valence electrons. The molecule has 0 spiro atoms. The minimum atomic E-state index is -0.515. The second kappa shape index (κ2) is 7.39. The van der Waals surface area contributed by atoms with Gasteiger partial charge in [0.25, 0.3) is 0 Å². The zero-order chi connectivity index (χ0) is 15.1. The van der Waals surface area contributed by atoms with Gasteiger partial charge in [0.2, 0.25) is 0 Å². The van der Waals surface area contributed by atoms with Crippen LogP contribution in [-0.4, -0.2) is 25.3 Å². The fourth-order valence-corrected chi connectivity index (χ4v) is 2.00. The molecule has 0 amide bonds. The number of carbonyl (C=O) groups excluding carboxylic acids is 1. The Morgan fingerprint density at radius 3 is 2.43 bits per heavy atom. The van der Waals surface area contributed by atoms with Crippen LogP contribution in [-0.2, 0) is 16.0 Å². The predicted molar refractivity (Wildman–Crippen MR) is 84.7 cm³/mol. The van der Waals surface area contributed by atoms with Crippen molar-refractivity contribution < 1.29 is 9.53 Å². The maximum Gasteiger partial charge on any atom is 0.330 e. The standard InChI is InChI=1S/C18H19NO2/c1-14-8-10-16(11-9-14)13-19-17(18(20)21-2)12-15-6-4-3-5-7-15/h3-11,13,17H,12H2,1-2H3. The van der Waals surface area contributed by atoms with E-state index in [9.17, 15) is 4.79 Å². The van der Waals surface area contributed by atoms with Crippen molar-refractivity contribution in [2.24, 2.45) is 4.99 Å². The van der Waals surface area contributed by atoms with Gasteiger partial charge in [0, 0.05) is 12.6 Å². The van der Waals surface area contributed by atoms with Crippen molar-refractivity contribution in [2.75, 3.05) is 7.11 Å². The van der Waals surface area contributed by atoms with E-state index in [1.165, 1.54) is 12.7 Å². The molecule has 0 saturated heterocycles. The summed E-state index contributed by atoms with van der Waals surface area (Å²) in [6, 6.07) is 17.3. The number of ether oxygens (including phenoxy) is 1. The first-order chi connectivity index (χ1) is 10.2. The van der Waals surface area contributed by atoms with Crippen LogP contribution < -0.4 is 0 Å². The molecular formula is C18H19NO2. The van der Waals surface area contributed by atoms with Crippen molar-refractivity contribution in [3.63, 3.8) is 0 Å². The molecule has 0 bridgehead atoms. The molecule has 0 N–H and O–H groups in total. The Labute approximate surface area is 125 Å². The van der Waals surface area contributed by atoms with Crippen molar-refractivity contribution in [3.05, 3.63) is 71.3 Å². The number of hydrogen-bond donors (Lipinski definition) is 0. The summed E-state index contributed by atoms with van der Waals surface area (Å²) in [6.45, 7) is 2.04. The number of benzene rings is 2. The molecule has 21 heavy (non-hydrogen) atoms. The lowest BCUT2D eigenvalue weighted by Crippen LogP contribution is -2.23. The van der Waals surface area contributed by atoms with Crippen molar-refractivity contribution in [1.82, 2.24) is 0 Å². The van der Waals surface area contributed by atoms with E-state index in [1.807, 2.05) is 61.5 Å². The van der Waals surface area contributed by atoms with E-state index in [1.54, 1.807) is 6.21 Å². The number of esters is 1. The smallest absolute Gasteiger partial charge is 0.330 e. The van der Waals surface area contributed by atoms with E-state index in [2.05, 4.69) is 4.99 Å². The molecule has 1 unspecified atom stereocenters. The summed E-state index contributed by atoms with van der Waals surface area (Å²) in [7, 11) is 1.39. The Hall–Kier alpha value is -2.42. The number of rotatable bonds is 5. The molecular weight excluding hydrogens is 262 g/mol. The second-order valence-corrected chi connectivity index (χ2v) is 4.92. The van der Waals surface area contributed by atoms with Crippen molar-refractivity contribution in [1.29, 1.82) is 0 Å². The first-order valence-electron chi connectivity index (χ1n) is 6.90. The normalized spacial score (nSPS) is 12.3. The van der Waals surface area contributed by atoms with Crippen molar-refractivity contribution in [3.8, 4) is 0 Å². The van der Waals surface area contributed by atoms with Gasteiger partial charge in [-0.1, -0.05) is 60.2 Å². The second-order valence-electron chi connectivity index (χ2n) is 4.92. The van der Waals surface area contributed by atoms with Gasteiger partial charge in [-0.15, -0.1) is 0 Å². The molecule has 0 saturated carbocycles. The van der Waals surface area contributed by atoms with Gasteiger partial charge < -0.3 is 4.74 Å². The van der Waals surface area contributed by atoms with Crippen molar-refractivity contribution >= 4 is 12.2 Å². The minimum absolute atomic E-state index is 0.317. The Morgan fingerprint density at radius 2 is 1.81 bits per heavy atom. The average Bonchev–Trinajstić information content (AvgIpc) is 2.53. The number of aryl methyl sites for hydroxylation is 1. The summed E-state index contributed by atoms with van der Waals surface area (Å²) >= 11 is 0. The SMILES string of the molecule is COC(=O)C(Cc1ccccc1)N=Cc1ccc(C)cc1. The molecule has 0 fully saturated rings. The minimum Gasteiger partial charge on any atom is -0.467 e. The average molecular weight is 281 g/mol. The van der Waals surface area contributed by atoms with E-state index in [0.29, 0.717) is 6.42 Å². The fourth-order valence-electron chi connectivity index (χ4n) is 2.00. The highest BCUT2D eigenvalue weighted by Gasteiger charge is 2.17. The third-order valence-electron chi connectivity index (χ3n) is 3.23. The van der Waals surface area contributed by atoms with Crippen LogP contribution >= 0.6 is 0 Å². The van der Waals surface area contributed by atoms with Crippen LogP contribution in [0, 0.1) is 6.92 Å². The van der Waals surface area contributed by atoms with Crippen LogP contribution in [0.2, 0.25) is 0 Å². The molecule has 0 radical (unpaired) electrons. The quantitative estimate of drug-likeness (QED) is 0.623. The van der Waals surface area contributed by atoms with Gasteiger partial charge in [-0.25, -0.2) is 4.79 Å². The third-order valence-corrected chi connectivity index (χ3v) is 3.23. The van der Waals surface area contributed by atoms with Gasteiger partial charge in [-0.3, -0.25) is 4.99 Å². The van der Waals surface area contributed by atoms with Crippen LogP contribution in [0.25, 0.3) is 0 Å². The van der Waals surface area contributed by atoms with Gasteiger partial charge in [-0.2, -0.15) is 0 Å². The number of hydrogen-bond acceptors (Lipinski definition) is 3. The summed E-state index contributed by atoms with van der Waals surface area (Å²) in [5, 5.41) is 0. The van der Waals surface area contributed by atoms with Crippen LogP contribution in [0.3, 0.4) is 0 Å². The van der Waals surface area contributed by atoms with Gasteiger partial charge in [-0.05, 0) is 18.1 Å². The van der Waals surface area contributed by atoms with E-state index in [0.717, 1.165) is 11.1 Å². The molecule has 2 aromatic rings. The van der Waals surface area contributed by atoms with Crippen LogP contribution in [0.15, 0.2) is 59.6 Å². The maximum absolute atomic E-state index is 11.9. The molecule has 0 aliphatic rings. The molecule has 2 aromatic carbocycles. The van der Waals surface area contributed by atoms with Gasteiger partial charge in [0.15, 0.2) is 6.04 Å². The highest BCUT2D eigenvalue weighted by molar-refractivity contribution is 5.84. The Kier molecular flexibility index (Phi) is 5.27. The number of aliphatic imine (C=N–C) groups is 1. The number of methoxy groups -OCH3 is 1. The Morgan fingerprint density at radius 1 is 1.14 bits per heavy atom. The highest BCUT2D eigenvalue weighted by Crippen LogP contribution is 2.08. The Balaban J connectivity index is 2.13. The lowest BCUT2D eigenvalue weighted by Gasteiger charge is -2.10. The van der Waals surface area contributed by atoms with Gasteiger partial charge in [0.05, 0.1) is 7.11 Å². The maximum atomic E-state index is 11.9. The van der Waals surface area contributed by atoms with E-state index < -0.39 is 6.04 Å². The van der Waals surface area contributed by atoms with Crippen LogP contribution in [0.1, 0.15) is 16.7 Å². The number of carbonyl (C=O) groups is 1. The summed E-state index contributed by atoms with van der Waals surface area (Å²) in [6.07, 6.45) is 2.26. The molecule has 2 rings (SSSR count). The van der Waals surface area contributed by atoms with E-state index >= 15 is 0 Å². The molecule has 0 aliphatic carbocycles. The fraction of sp³-hybridized carbons (Fsp3) is 0.222. The zero-order valence-corrected chi connectivity index (χ0v) is 12.3. The van der Waals surface area contributed by atoms with Crippen molar-refractivity contribution in [2.45, 2.75) is 19.4 Å². The van der Waals surface area contributed by atoms with E-state index in [4.69, 9.17) is 4.74 Å². The molecule has 0 aliphatic heterocycles. The lowest BCUT2D eigenvalue weighted by molar-refractivity contribution is -0.142.